The summed E-state index contributed by atoms with van der Waals surface area (Å²) in [6, 6.07) is 12.3. The molecule has 1 aromatic carbocycles. The molecule has 0 saturated carbocycles. The van der Waals surface area contributed by atoms with Gasteiger partial charge in [0.1, 0.15) is 0 Å². The van der Waals surface area contributed by atoms with E-state index in [1.165, 1.54) is 11.1 Å². The summed E-state index contributed by atoms with van der Waals surface area (Å²) in [5.74, 6) is 0.626. The van der Waals surface area contributed by atoms with Gasteiger partial charge in [-0.3, -0.25) is 0 Å². The minimum atomic E-state index is 0.626. The second-order valence-electron chi connectivity index (χ2n) is 4.74. The number of nitrogens with one attached hydrogen (secondary N) is 1. The van der Waals surface area contributed by atoms with Gasteiger partial charge in [-0.05, 0) is 54.6 Å². The number of aromatic nitrogens is 2. The zero-order valence-corrected chi connectivity index (χ0v) is 12.2. The lowest BCUT2D eigenvalue weighted by Crippen LogP contribution is -1.98. The van der Waals surface area contributed by atoms with Crippen molar-refractivity contribution >= 4 is 23.0 Å². The van der Waals surface area contributed by atoms with Crippen LogP contribution in [0.1, 0.15) is 11.1 Å². The smallest absolute Gasteiger partial charge is 0.227 e. The third kappa shape index (κ3) is 2.86. The molecule has 0 aliphatic carbocycles. The second-order valence-corrected chi connectivity index (χ2v) is 5.69. The van der Waals surface area contributed by atoms with Crippen LogP contribution in [-0.4, -0.2) is 9.97 Å². The van der Waals surface area contributed by atoms with Gasteiger partial charge >= 0.3 is 0 Å². The van der Waals surface area contributed by atoms with E-state index in [4.69, 9.17) is 0 Å². The molecule has 3 rings (SSSR count). The fraction of sp³-hybridized carbons (Fsp3) is 0.125. The summed E-state index contributed by atoms with van der Waals surface area (Å²) in [5.41, 5.74) is 4.41. The highest BCUT2D eigenvalue weighted by Gasteiger charge is 2.04. The Morgan fingerprint density at radius 3 is 2.55 bits per heavy atom. The van der Waals surface area contributed by atoms with Gasteiger partial charge in [0.2, 0.25) is 5.95 Å². The third-order valence-corrected chi connectivity index (χ3v) is 3.80. The van der Waals surface area contributed by atoms with Crippen LogP contribution >= 0.6 is 11.3 Å². The summed E-state index contributed by atoms with van der Waals surface area (Å²) < 4.78 is 0. The first-order chi connectivity index (χ1) is 9.70. The fourth-order valence-corrected chi connectivity index (χ4v) is 2.85. The summed E-state index contributed by atoms with van der Waals surface area (Å²) in [6.07, 6.45) is 1.78. The number of hydrogen-bond donors (Lipinski definition) is 1. The molecule has 4 heteroatoms. The largest absolute Gasteiger partial charge is 0.324 e. The van der Waals surface area contributed by atoms with E-state index < -0.39 is 0 Å². The van der Waals surface area contributed by atoms with Gasteiger partial charge in [0, 0.05) is 11.9 Å². The monoisotopic (exact) mass is 281 g/mol. The van der Waals surface area contributed by atoms with Crippen molar-refractivity contribution in [1.82, 2.24) is 9.97 Å². The van der Waals surface area contributed by atoms with Crippen LogP contribution in [-0.2, 0) is 0 Å². The van der Waals surface area contributed by atoms with Crippen LogP contribution in [0.4, 0.5) is 11.6 Å². The average molecular weight is 281 g/mol. The molecular weight excluding hydrogens is 266 g/mol. The van der Waals surface area contributed by atoms with Gasteiger partial charge in [-0.25, -0.2) is 9.97 Å². The van der Waals surface area contributed by atoms with Crippen molar-refractivity contribution in [2.24, 2.45) is 0 Å². The van der Waals surface area contributed by atoms with E-state index in [0.29, 0.717) is 5.95 Å². The molecule has 0 aliphatic rings. The van der Waals surface area contributed by atoms with Crippen LogP contribution in [0.5, 0.6) is 0 Å². The maximum Gasteiger partial charge on any atom is 0.227 e. The fourth-order valence-electron chi connectivity index (χ4n) is 2.16. The molecule has 0 atom stereocenters. The molecule has 0 amide bonds. The molecule has 3 nitrogen and oxygen atoms in total. The van der Waals surface area contributed by atoms with Crippen molar-refractivity contribution in [2.45, 2.75) is 13.8 Å². The number of nitrogens with zero attached hydrogens (tertiary/aromatic N) is 2. The predicted octanol–water partition coefficient (Wildman–Crippen LogP) is 4.57. The molecule has 0 saturated heterocycles. The Bertz CT molecular complexity index is 700. The lowest BCUT2D eigenvalue weighted by Gasteiger charge is -2.08. The molecule has 0 aliphatic heterocycles. The standard InChI is InChI=1S/C16H15N3S/c1-11-8-12(2)10-13(9-11)18-16-17-6-5-14(19-16)15-4-3-7-20-15/h3-10H,1-2H3,(H,17,18,19). The molecule has 2 heterocycles. The molecule has 20 heavy (non-hydrogen) atoms. The summed E-state index contributed by atoms with van der Waals surface area (Å²) >= 11 is 1.68. The van der Waals surface area contributed by atoms with Crippen molar-refractivity contribution in [3.63, 3.8) is 0 Å². The van der Waals surface area contributed by atoms with Gasteiger partial charge in [-0.15, -0.1) is 11.3 Å². The van der Waals surface area contributed by atoms with E-state index >= 15 is 0 Å². The summed E-state index contributed by atoms with van der Waals surface area (Å²) in [4.78, 5) is 9.99. The quantitative estimate of drug-likeness (QED) is 0.764. The number of anilines is 2. The Kier molecular flexibility index (Phi) is 3.48. The summed E-state index contributed by atoms with van der Waals surface area (Å²) in [6.45, 7) is 4.17. The van der Waals surface area contributed by atoms with Crippen LogP contribution in [0.3, 0.4) is 0 Å². The van der Waals surface area contributed by atoms with E-state index in [2.05, 4.69) is 58.8 Å². The van der Waals surface area contributed by atoms with Crippen molar-refractivity contribution < 1.29 is 0 Å². The van der Waals surface area contributed by atoms with Crippen LogP contribution in [0, 0.1) is 13.8 Å². The summed E-state index contributed by atoms with van der Waals surface area (Å²) in [5, 5.41) is 5.32. The van der Waals surface area contributed by atoms with Gasteiger partial charge in [-0.2, -0.15) is 0 Å². The predicted molar refractivity (Wildman–Crippen MR) is 84.5 cm³/mol. The highest BCUT2D eigenvalue weighted by Crippen LogP contribution is 2.24. The Hall–Kier alpha value is -2.20. The minimum absolute atomic E-state index is 0.626. The first kappa shape index (κ1) is 12.8. The van der Waals surface area contributed by atoms with E-state index in [-0.39, 0.29) is 0 Å². The SMILES string of the molecule is Cc1cc(C)cc(Nc2nccc(-c3cccs3)n2)c1. The topological polar surface area (TPSA) is 37.8 Å². The number of thiophene rings is 1. The van der Waals surface area contributed by atoms with E-state index in [0.717, 1.165) is 16.3 Å². The zero-order chi connectivity index (χ0) is 13.9. The van der Waals surface area contributed by atoms with Gasteiger partial charge in [0.25, 0.3) is 0 Å². The minimum Gasteiger partial charge on any atom is -0.324 e. The molecular formula is C16H15N3S. The lowest BCUT2D eigenvalue weighted by atomic mass is 10.1. The van der Waals surface area contributed by atoms with Gasteiger partial charge in [0.15, 0.2) is 0 Å². The molecule has 0 fully saturated rings. The average Bonchev–Trinajstić information content (AvgIpc) is 2.91. The van der Waals surface area contributed by atoms with Crippen LogP contribution < -0.4 is 5.32 Å². The molecule has 0 bridgehead atoms. The van der Waals surface area contributed by atoms with Crippen LogP contribution in [0.2, 0.25) is 0 Å². The molecule has 0 radical (unpaired) electrons. The highest BCUT2D eigenvalue weighted by atomic mass is 32.1. The second kappa shape index (κ2) is 5.43. The van der Waals surface area contributed by atoms with Gasteiger partial charge in [0.05, 0.1) is 10.6 Å². The number of aryl methyl sites for hydroxylation is 2. The van der Waals surface area contributed by atoms with Crippen LogP contribution in [0.15, 0.2) is 48.0 Å². The van der Waals surface area contributed by atoms with Crippen molar-refractivity contribution in [3.05, 3.63) is 59.1 Å². The highest BCUT2D eigenvalue weighted by molar-refractivity contribution is 7.13. The van der Waals surface area contributed by atoms with E-state index in [1.807, 2.05) is 12.1 Å². The van der Waals surface area contributed by atoms with Crippen molar-refractivity contribution in [1.29, 1.82) is 0 Å². The normalized spacial score (nSPS) is 10.5. The maximum absolute atomic E-state index is 4.56. The summed E-state index contributed by atoms with van der Waals surface area (Å²) in [7, 11) is 0. The Labute approximate surface area is 122 Å². The number of benzene rings is 1. The Morgan fingerprint density at radius 2 is 1.85 bits per heavy atom. The van der Waals surface area contributed by atoms with Crippen molar-refractivity contribution in [3.8, 4) is 10.6 Å². The van der Waals surface area contributed by atoms with E-state index in [1.54, 1.807) is 17.5 Å². The molecule has 2 aromatic heterocycles. The molecule has 3 aromatic rings. The maximum atomic E-state index is 4.56. The lowest BCUT2D eigenvalue weighted by molar-refractivity contribution is 1.17. The molecule has 1 N–H and O–H groups in total. The first-order valence-electron chi connectivity index (χ1n) is 6.43. The van der Waals surface area contributed by atoms with E-state index in [9.17, 15) is 0 Å². The number of rotatable bonds is 3. The van der Waals surface area contributed by atoms with Gasteiger partial charge in [-0.1, -0.05) is 12.1 Å². The van der Waals surface area contributed by atoms with Gasteiger partial charge < -0.3 is 5.32 Å². The third-order valence-electron chi connectivity index (χ3n) is 2.91. The number of hydrogen-bond acceptors (Lipinski definition) is 4. The molecule has 0 spiro atoms. The Morgan fingerprint density at radius 1 is 1.05 bits per heavy atom. The Balaban J connectivity index is 1.89. The molecule has 0 unspecified atom stereocenters. The zero-order valence-electron chi connectivity index (χ0n) is 11.4. The van der Waals surface area contributed by atoms with Crippen molar-refractivity contribution in [2.75, 3.05) is 5.32 Å². The first-order valence-corrected chi connectivity index (χ1v) is 7.31. The van der Waals surface area contributed by atoms with Crippen LogP contribution in [0.25, 0.3) is 10.6 Å². The molecule has 100 valence electrons.